The lowest BCUT2D eigenvalue weighted by Gasteiger charge is -2.19. The van der Waals surface area contributed by atoms with Gasteiger partial charge >= 0.3 is 6.09 Å². The first-order chi connectivity index (χ1) is 8.37. The Morgan fingerprint density at radius 1 is 1.33 bits per heavy atom. The first-order valence-electron chi connectivity index (χ1n) is 5.72. The highest BCUT2D eigenvalue weighted by Crippen LogP contribution is 2.19. The molecular formula is C13H18BrNO2S. The fourth-order valence-electron chi connectivity index (χ4n) is 1.17. The van der Waals surface area contributed by atoms with Crippen molar-refractivity contribution < 1.29 is 9.53 Å². The molecule has 1 amide bonds. The molecule has 0 fully saturated rings. The Morgan fingerprint density at radius 2 is 1.94 bits per heavy atom. The van der Waals surface area contributed by atoms with Crippen molar-refractivity contribution in [1.29, 1.82) is 0 Å². The minimum Gasteiger partial charge on any atom is -0.444 e. The van der Waals surface area contributed by atoms with E-state index >= 15 is 0 Å². The van der Waals surface area contributed by atoms with Crippen molar-refractivity contribution in [2.24, 2.45) is 0 Å². The number of benzene rings is 1. The van der Waals surface area contributed by atoms with Crippen molar-refractivity contribution in [3.05, 3.63) is 28.7 Å². The van der Waals surface area contributed by atoms with E-state index in [4.69, 9.17) is 4.74 Å². The van der Waals surface area contributed by atoms with E-state index in [0.717, 1.165) is 10.2 Å². The number of amides is 1. The van der Waals surface area contributed by atoms with Crippen molar-refractivity contribution in [3.8, 4) is 0 Å². The van der Waals surface area contributed by atoms with E-state index < -0.39 is 5.60 Å². The van der Waals surface area contributed by atoms with Crippen LogP contribution in [0, 0.1) is 0 Å². The maximum Gasteiger partial charge on any atom is 0.407 e. The van der Waals surface area contributed by atoms with Gasteiger partial charge in [0.1, 0.15) is 5.60 Å². The van der Waals surface area contributed by atoms with E-state index in [2.05, 4.69) is 21.2 Å². The highest BCUT2D eigenvalue weighted by Gasteiger charge is 2.15. The minimum atomic E-state index is -0.442. The second-order valence-corrected chi connectivity index (χ2v) is 6.82. The standard InChI is InChI=1S/C13H18BrNO2S/c1-13(2,3)17-12(16)15-8-9-18-11-6-4-10(14)5-7-11/h4-7H,8-9H2,1-3H3,(H,15,16). The monoisotopic (exact) mass is 331 g/mol. The van der Waals surface area contributed by atoms with Gasteiger partial charge in [-0.1, -0.05) is 15.9 Å². The van der Waals surface area contributed by atoms with E-state index in [1.807, 2.05) is 45.0 Å². The number of alkyl carbamates (subject to hydrolysis) is 1. The second-order valence-electron chi connectivity index (χ2n) is 4.73. The van der Waals surface area contributed by atoms with Crippen LogP contribution in [0.3, 0.4) is 0 Å². The third-order valence-corrected chi connectivity index (χ3v) is 3.40. The highest BCUT2D eigenvalue weighted by atomic mass is 79.9. The number of hydrogen-bond acceptors (Lipinski definition) is 3. The number of rotatable bonds is 4. The zero-order valence-corrected chi connectivity index (χ0v) is 13.2. The second kappa shape index (κ2) is 7.04. The third-order valence-electron chi connectivity index (χ3n) is 1.85. The normalized spacial score (nSPS) is 11.1. The zero-order valence-electron chi connectivity index (χ0n) is 10.8. The molecule has 0 aliphatic heterocycles. The van der Waals surface area contributed by atoms with Crippen LogP contribution in [0.15, 0.2) is 33.6 Å². The number of halogens is 1. The summed E-state index contributed by atoms with van der Waals surface area (Å²) in [5.41, 5.74) is -0.442. The maximum atomic E-state index is 11.4. The van der Waals surface area contributed by atoms with Crippen LogP contribution in [0.25, 0.3) is 0 Å². The van der Waals surface area contributed by atoms with Gasteiger partial charge in [-0.25, -0.2) is 4.79 Å². The fraction of sp³-hybridized carbons (Fsp3) is 0.462. The van der Waals surface area contributed by atoms with Crippen LogP contribution >= 0.6 is 27.7 Å². The molecule has 1 aromatic rings. The van der Waals surface area contributed by atoms with Gasteiger partial charge in [0.15, 0.2) is 0 Å². The molecule has 5 heteroatoms. The van der Waals surface area contributed by atoms with E-state index in [9.17, 15) is 4.79 Å². The predicted molar refractivity (Wildman–Crippen MR) is 79.1 cm³/mol. The molecule has 0 bridgehead atoms. The minimum absolute atomic E-state index is 0.362. The van der Waals surface area contributed by atoms with Gasteiger partial charge in [-0.2, -0.15) is 0 Å². The Kier molecular flexibility index (Phi) is 6.02. The molecular weight excluding hydrogens is 314 g/mol. The van der Waals surface area contributed by atoms with Gasteiger partial charge in [0.25, 0.3) is 0 Å². The smallest absolute Gasteiger partial charge is 0.407 e. The molecule has 0 radical (unpaired) electrons. The quantitative estimate of drug-likeness (QED) is 0.667. The molecule has 0 aromatic heterocycles. The summed E-state index contributed by atoms with van der Waals surface area (Å²) in [5, 5.41) is 2.73. The number of ether oxygens (including phenoxy) is 1. The van der Waals surface area contributed by atoms with Gasteiger partial charge in [-0.15, -0.1) is 11.8 Å². The predicted octanol–water partition coefficient (Wildman–Crippen LogP) is 4.07. The van der Waals surface area contributed by atoms with Gasteiger partial charge in [0, 0.05) is 21.7 Å². The first-order valence-corrected chi connectivity index (χ1v) is 7.50. The summed E-state index contributed by atoms with van der Waals surface area (Å²) in [6.45, 7) is 6.14. The van der Waals surface area contributed by atoms with Gasteiger partial charge < -0.3 is 10.1 Å². The molecule has 1 rings (SSSR count). The summed E-state index contributed by atoms with van der Waals surface area (Å²) in [6.07, 6.45) is -0.362. The summed E-state index contributed by atoms with van der Waals surface area (Å²) in [4.78, 5) is 12.6. The fourth-order valence-corrected chi connectivity index (χ4v) is 2.20. The molecule has 0 saturated heterocycles. The summed E-state index contributed by atoms with van der Waals surface area (Å²) < 4.78 is 6.21. The van der Waals surface area contributed by atoms with Crippen molar-refractivity contribution in [3.63, 3.8) is 0 Å². The SMILES string of the molecule is CC(C)(C)OC(=O)NCCSc1ccc(Br)cc1. The summed E-state index contributed by atoms with van der Waals surface area (Å²) in [6, 6.07) is 8.09. The third kappa shape index (κ3) is 6.91. The lowest BCUT2D eigenvalue weighted by Crippen LogP contribution is -2.33. The number of carbonyl (C=O) groups is 1. The van der Waals surface area contributed by atoms with Gasteiger partial charge in [-0.3, -0.25) is 0 Å². The average Bonchev–Trinajstić information content (AvgIpc) is 2.24. The van der Waals surface area contributed by atoms with Gasteiger partial charge in [-0.05, 0) is 45.0 Å². The molecule has 0 heterocycles. The molecule has 0 unspecified atom stereocenters. The molecule has 1 N–H and O–H groups in total. The number of hydrogen-bond donors (Lipinski definition) is 1. The molecule has 3 nitrogen and oxygen atoms in total. The van der Waals surface area contributed by atoms with Crippen LogP contribution in [0.2, 0.25) is 0 Å². The molecule has 1 aromatic carbocycles. The summed E-state index contributed by atoms with van der Waals surface area (Å²) >= 11 is 5.09. The Morgan fingerprint density at radius 3 is 2.50 bits per heavy atom. The first kappa shape index (κ1) is 15.4. The van der Waals surface area contributed by atoms with E-state index in [0.29, 0.717) is 6.54 Å². The molecule has 0 spiro atoms. The lowest BCUT2D eigenvalue weighted by atomic mass is 10.2. The van der Waals surface area contributed by atoms with Crippen molar-refractivity contribution in [2.45, 2.75) is 31.3 Å². The van der Waals surface area contributed by atoms with E-state index in [1.165, 1.54) is 4.90 Å². The lowest BCUT2D eigenvalue weighted by molar-refractivity contribution is 0.0531. The molecule has 100 valence electrons. The Hall–Kier alpha value is -0.680. The number of carbonyl (C=O) groups excluding carboxylic acids is 1. The van der Waals surface area contributed by atoms with Crippen LogP contribution in [-0.2, 0) is 4.74 Å². The topological polar surface area (TPSA) is 38.3 Å². The summed E-state index contributed by atoms with van der Waals surface area (Å²) in [5.74, 6) is 0.820. The van der Waals surface area contributed by atoms with Crippen molar-refractivity contribution in [2.75, 3.05) is 12.3 Å². The zero-order chi connectivity index (χ0) is 13.6. The average molecular weight is 332 g/mol. The Labute approximate surface area is 121 Å². The van der Waals surface area contributed by atoms with E-state index in [1.54, 1.807) is 11.8 Å². The van der Waals surface area contributed by atoms with Crippen LogP contribution in [0.5, 0.6) is 0 Å². The van der Waals surface area contributed by atoms with Crippen LogP contribution in [0.1, 0.15) is 20.8 Å². The van der Waals surface area contributed by atoms with Gasteiger partial charge in [0.2, 0.25) is 0 Å². The van der Waals surface area contributed by atoms with Crippen LogP contribution < -0.4 is 5.32 Å². The van der Waals surface area contributed by atoms with Gasteiger partial charge in [0.05, 0.1) is 0 Å². The Balaban J connectivity index is 2.19. The molecule has 0 aliphatic rings. The highest BCUT2D eigenvalue weighted by molar-refractivity contribution is 9.10. The van der Waals surface area contributed by atoms with Crippen LogP contribution in [0.4, 0.5) is 4.79 Å². The van der Waals surface area contributed by atoms with Crippen molar-refractivity contribution in [1.82, 2.24) is 5.32 Å². The maximum absolute atomic E-state index is 11.4. The van der Waals surface area contributed by atoms with Crippen LogP contribution in [-0.4, -0.2) is 24.0 Å². The van der Waals surface area contributed by atoms with E-state index in [-0.39, 0.29) is 6.09 Å². The van der Waals surface area contributed by atoms with Crippen molar-refractivity contribution >= 4 is 33.8 Å². The number of nitrogens with one attached hydrogen (secondary N) is 1. The molecule has 0 aliphatic carbocycles. The largest absolute Gasteiger partial charge is 0.444 e. The summed E-state index contributed by atoms with van der Waals surface area (Å²) in [7, 11) is 0. The molecule has 0 atom stereocenters. The molecule has 18 heavy (non-hydrogen) atoms. The molecule has 0 saturated carbocycles. The Bertz CT molecular complexity index is 387. The number of thioether (sulfide) groups is 1.